The Labute approximate surface area is 128 Å². The maximum Gasteiger partial charge on any atom is 0.308 e. The zero-order chi connectivity index (χ0) is 16.1. The summed E-state index contributed by atoms with van der Waals surface area (Å²) in [5, 5.41) is 0. The molecule has 1 aromatic rings. The first-order chi connectivity index (χ1) is 10.4. The van der Waals surface area contributed by atoms with E-state index >= 15 is 0 Å². The van der Waals surface area contributed by atoms with Gasteiger partial charge in [0.1, 0.15) is 5.75 Å². The van der Waals surface area contributed by atoms with Crippen LogP contribution in [0.4, 0.5) is 5.69 Å². The third-order valence-electron chi connectivity index (χ3n) is 4.45. The number of anilines is 1. The molecule has 1 fully saturated rings. The Bertz CT molecular complexity index is 721. The summed E-state index contributed by atoms with van der Waals surface area (Å²) in [6.45, 7) is 6.75. The minimum atomic E-state index is -0.850. The van der Waals surface area contributed by atoms with Crippen molar-refractivity contribution in [2.24, 2.45) is 0 Å². The van der Waals surface area contributed by atoms with Crippen molar-refractivity contribution in [3.05, 3.63) is 35.9 Å². The molecule has 2 amide bonds. The highest BCUT2D eigenvalue weighted by Crippen LogP contribution is 2.54. The molecule has 1 saturated carbocycles. The lowest BCUT2D eigenvalue weighted by atomic mass is 9.77. The number of rotatable bonds is 1. The fourth-order valence-electron chi connectivity index (χ4n) is 3.55. The summed E-state index contributed by atoms with van der Waals surface area (Å²) in [5.74, 6) is -0.601. The van der Waals surface area contributed by atoms with E-state index in [0.29, 0.717) is 23.4 Å². The molecule has 5 heteroatoms. The van der Waals surface area contributed by atoms with E-state index in [1.165, 1.54) is 18.7 Å². The summed E-state index contributed by atoms with van der Waals surface area (Å²) in [6.07, 6.45) is 2.24. The molecule has 1 aliphatic heterocycles. The van der Waals surface area contributed by atoms with Crippen molar-refractivity contribution < 1.29 is 19.1 Å². The Morgan fingerprint density at radius 1 is 1.32 bits per heavy atom. The van der Waals surface area contributed by atoms with Crippen molar-refractivity contribution in [3.63, 3.8) is 0 Å². The van der Waals surface area contributed by atoms with Gasteiger partial charge in [-0.2, -0.15) is 0 Å². The summed E-state index contributed by atoms with van der Waals surface area (Å²) in [6, 6.07) is 4.95. The lowest BCUT2D eigenvalue weighted by molar-refractivity contribution is -0.132. The number of amides is 2. The van der Waals surface area contributed by atoms with E-state index in [-0.39, 0.29) is 11.8 Å². The Kier molecular flexibility index (Phi) is 3.16. The predicted molar refractivity (Wildman–Crippen MR) is 80.6 cm³/mol. The summed E-state index contributed by atoms with van der Waals surface area (Å²) < 4.78 is 5.13. The van der Waals surface area contributed by atoms with Crippen molar-refractivity contribution in [3.8, 4) is 5.75 Å². The van der Waals surface area contributed by atoms with E-state index in [9.17, 15) is 14.4 Å². The lowest BCUT2D eigenvalue weighted by Gasteiger charge is -2.24. The van der Waals surface area contributed by atoms with Crippen LogP contribution in [0.2, 0.25) is 0 Å². The normalized spacial score (nSPS) is 23.1. The fourth-order valence-corrected chi connectivity index (χ4v) is 3.55. The van der Waals surface area contributed by atoms with Crippen LogP contribution in [0.3, 0.4) is 0 Å². The van der Waals surface area contributed by atoms with Crippen LogP contribution in [0, 0.1) is 0 Å². The minimum absolute atomic E-state index is 0.238. The standard InChI is InChI=1S/C17H17NO4/c1-10-5-4-8-17(10)14-9-13(22-12(3)20)6-7-15(14)18(11(2)19)16(17)21/h6-7,9H,1,4-5,8H2,2-3H3/t17-/m1/s1. The van der Waals surface area contributed by atoms with Crippen LogP contribution < -0.4 is 9.64 Å². The van der Waals surface area contributed by atoms with Crippen LogP contribution in [-0.4, -0.2) is 17.8 Å². The van der Waals surface area contributed by atoms with E-state index in [4.69, 9.17) is 4.74 Å². The maximum atomic E-state index is 12.9. The van der Waals surface area contributed by atoms with Gasteiger partial charge in [-0.15, -0.1) is 0 Å². The molecule has 0 N–H and O–H groups in total. The monoisotopic (exact) mass is 299 g/mol. The first-order valence-corrected chi connectivity index (χ1v) is 7.24. The van der Waals surface area contributed by atoms with Crippen LogP contribution in [0.5, 0.6) is 5.75 Å². The van der Waals surface area contributed by atoms with Gasteiger partial charge in [-0.1, -0.05) is 12.2 Å². The number of fused-ring (bicyclic) bond motifs is 2. The smallest absolute Gasteiger partial charge is 0.308 e. The second-order valence-electron chi connectivity index (χ2n) is 5.79. The number of hydrogen-bond acceptors (Lipinski definition) is 4. The molecule has 5 nitrogen and oxygen atoms in total. The molecule has 1 aromatic carbocycles. The number of ether oxygens (including phenoxy) is 1. The molecule has 1 aliphatic carbocycles. The maximum absolute atomic E-state index is 12.9. The number of esters is 1. The topological polar surface area (TPSA) is 63.7 Å². The van der Waals surface area contributed by atoms with Crippen LogP contribution in [0.25, 0.3) is 0 Å². The molecule has 0 bridgehead atoms. The van der Waals surface area contributed by atoms with Crippen molar-refractivity contribution in [1.29, 1.82) is 0 Å². The Hall–Kier alpha value is -2.43. The van der Waals surface area contributed by atoms with Crippen molar-refractivity contribution >= 4 is 23.5 Å². The van der Waals surface area contributed by atoms with Crippen LogP contribution in [0.1, 0.15) is 38.7 Å². The van der Waals surface area contributed by atoms with Crippen LogP contribution in [-0.2, 0) is 19.8 Å². The molecule has 22 heavy (non-hydrogen) atoms. The second-order valence-corrected chi connectivity index (χ2v) is 5.79. The Balaban J connectivity index is 2.21. The third-order valence-corrected chi connectivity index (χ3v) is 4.45. The molecule has 1 spiro atoms. The van der Waals surface area contributed by atoms with Crippen molar-refractivity contribution in [2.75, 3.05) is 4.90 Å². The van der Waals surface area contributed by atoms with Gasteiger partial charge >= 0.3 is 5.97 Å². The number of imide groups is 1. The van der Waals surface area contributed by atoms with Gasteiger partial charge in [-0.05, 0) is 43.0 Å². The average molecular weight is 299 g/mol. The fraction of sp³-hybridized carbons (Fsp3) is 0.353. The molecule has 2 aliphatic rings. The summed E-state index contributed by atoms with van der Waals surface area (Å²) in [4.78, 5) is 37.2. The molecule has 0 unspecified atom stereocenters. The molecule has 1 atom stereocenters. The highest BCUT2D eigenvalue weighted by Gasteiger charge is 2.55. The van der Waals surface area contributed by atoms with E-state index in [0.717, 1.165) is 18.4 Å². The van der Waals surface area contributed by atoms with E-state index in [1.807, 2.05) is 0 Å². The Morgan fingerprint density at radius 3 is 2.59 bits per heavy atom. The average Bonchev–Trinajstić information content (AvgIpc) is 2.92. The largest absolute Gasteiger partial charge is 0.427 e. The minimum Gasteiger partial charge on any atom is -0.427 e. The summed E-state index contributed by atoms with van der Waals surface area (Å²) in [5.41, 5.74) is 1.25. The molecule has 114 valence electrons. The molecule has 1 heterocycles. The third kappa shape index (κ3) is 1.81. The first-order valence-electron chi connectivity index (χ1n) is 7.24. The van der Waals surface area contributed by atoms with Crippen LogP contribution in [0.15, 0.2) is 30.4 Å². The summed E-state index contributed by atoms with van der Waals surface area (Å²) in [7, 11) is 0. The van der Waals surface area contributed by atoms with Crippen molar-refractivity contribution in [2.45, 2.75) is 38.5 Å². The van der Waals surface area contributed by atoms with E-state index in [2.05, 4.69) is 6.58 Å². The Morgan fingerprint density at radius 2 is 2.05 bits per heavy atom. The molecule has 0 saturated heterocycles. The molecule has 3 rings (SSSR count). The zero-order valence-corrected chi connectivity index (χ0v) is 12.6. The predicted octanol–water partition coefficient (Wildman–Crippen LogP) is 2.48. The van der Waals surface area contributed by atoms with Gasteiger partial charge in [0, 0.05) is 13.8 Å². The van der Waals surface area contributed by atoms with Gasteiger partial charge in [0.15, 0.2) is 0 Å². The molecular weight excluding hydrogens is 282 g/mol. The van der Waals surface area contributed by atoms with E-state index in [1.54, 1.807) is 18.2 Å². The van der Waals surface area contributed by atoms with Gasteiger partial charge in [0.25, 0.3) is 0 Å². The molecule has 0 aromatic heterocycles. The molecular formula is C17H17NO4. The number of carbonyl (C=O) groups is 3. The SMILES string of the molecule is C=C1CCC[C@@]12C(=O)N(C(C)=O)c1ccc(OC(C)=O)cc12. The van der Waals surface area contributed by atoms with Crippen molar-refractivity contribution in [1.82, 2.24) is 0 Å². The van der Waals surface area contributed by atoms with Gasteiger partial charge < -0.3 is 4.74 Å². The van der Waals surface area contributed by atoms with Gasteiger partial charge in [-0.25, -0.2) is 4.90 Å². The second kappa shape index (κ2) is 4.80. The summed E-state index contributed by atoms with van der Waals surface area (Å²) >= 11 is 0. The number of hydrogen-bond donors (Lipinski definition) is 0. The van der Waals surface area contributed by atoms with E-state index < -0.39 is 11.4 Å². The zero-order valence-electron chi connectivity index (χ0n) is 12.6. The lowest BCUT2D eigenvalue weighted by Crippen LogP contribution is -2.41. The highest BCUT2D eigenvalue weighted by molar-refractivity contribution is 6.23. The van der Waals surface area contributed by atoms with Gasteiger partial charge in [-0.3, -0.25) is 14.4 Å². The van der Waals surface area contributed by atoms with Gasteiger partial charge in [0.05, 0.1) is 11.1 Å². The number of carbonyl (C=O) groups excluding carboxylic acids is 3. The first kappa shape index (κ1) is 14.5. The van der Waals surface area contributed by atoms with Crippen LogP contribution >= 0.6 is 0 Å². The van der Waals surface area contributed by atoms with Gasteiger partial charge in [0.2, 0.25) is 11.8 Å². The quantitative estimate of drug-likeness (QED) is 0.454. The molecule has 0 radical (unpaired) electrons. The number of benzene rings is 1. The highest BCUT2D eigenvalue weighted by atomic mass is 16.5. The number of nitrogens with zero attached hydrogens (tertiary/aromatic N) is 1.